The van der Waals surface area contributed by atoms with Crippen LogP contribution in [0.1, 0.15) is 25.8 Å². The summed E-state index contributed by atoms with van der Waals surface area (Å²) in [6.45, 7) is 9.80. The van der Waals surface area contributed by atoms with E-state index in [4.69, 9.17) is 4.43 Å². The molecule has 0 saturated carbocycles. The van der Waals surface area contributed by atoms with E-state index in [1.807, 2.05) is 18.2 Å². The highest BCUT2D eigenvalue weighted by molar-refractivity contribution is 6.69. The van der Waals surface area contributed by atoms with Gasteiger partial charge in [-0.1, -0.05) is 30.3 Å². The van der Waals surface area contributed by atoms with Crippen molar-refractivity contribution in [2.45, 2.75) is 52.4 Å². The van der Waals surface area contributed by atoms with E-state index in [1.165, 1.54) is 5.56 Å². The van der Waals surface area contributed by atoms with Crippen molar-refractivity contribution in [3.05, 3.63) is 35.9 Å². The minimum Gasteiger partial charge on any atom is -0.481 e. The Morgan fingerprint density at radius 2 is 1.80 bits per heavy atom. The molecule has 0 saturated heterocycles. The number of hydrogen-bond acceptors (Lipinski definition) is 2. The molecule has 3 nitrogen and oxygen atoms in total. The highest BCUT2D eigenvalue weighted by Crippen LogP contribution is 2.30. The number of rotatable bonds is 7. The normalized spacial score (nSPS) is 14.1. The predicted octanol–water partition coefficient (Wildman–Crippen LogP) is 3.95. The van der Waals surface area contributed by atoms with Crippen molar-refractivity contribution in [2.24, 2.45) is 5.41 Å². The minimum absolute atomic E-state index is 0.258. The summed E-state index contributed by atoms with van der Waals surface area (Å²) in [5.74, 6) is -0.797. The Bertz CT molecular complexity index is 435. The van der Waals surface area contributed by atoms with Gasteiger partial charge in [-0.15, -0.1) is 0 Å². The lowest BCUT2D eigenvalue weighted by molar-refractivity contribution is -0.152. The van der Waals surface area contributed by atoms with Crippen molar-refractivity contribution in [3.63, 3.8) is 0 Å². The summed E-state index contributed by atoms with van der Waals surface area (Å²) in [6, 6.07) is 10.1. The van der Waals surface area contributed by atoms with Crippen LogP contribution in [0.25, 0.3) is 0 Å². The number of carbonyl (C=O) groups is 1. The van der Waals surface area contributed by atoms with Gasteiger partial charge in [0, 0.05) is 0 Å². The van der Waals surface area contributed by atoms with E-state index in [1.54, 1.807) is 13.8 Å². The van der Waals surface area contributed by atoms with Gasteiger partial charge >= 0.3 is 5.97 Å². The second-order valence-electron chi connectivity index (χ2n) is 6.77. The van der Waals surface area contributed by atoms with Crippen LogP contribution < -0.4 is 0 Å². The molecule has 1 aromatic rings. The summed E-state index contributed by atoms with van der Waals surface area (Å²) in [5.41, 5.74) is 0.354. The van der Waals surface area contributed by atoms with Crippen molar-refractivity contribution in [1.82, 2.24) is 0 Å². The number of aryl methyl sites for hydroxylation is 1. The van der Waals surface area contributed by atoms with Gasteiger partial charge in [0.1, 0.15) is 0 Å². The molecule has 1 N–H and O–H groups in total. The number of aliphatic carboxylic acids is 1. The van der Waals surface area contributed by atoms with Crippen LogP contribution in [0.4, 0.5) is 0 Å². The van der Waals surface area contributed by atoms with E-state index in [9.17, 15) is 9.90 Å². The van der Waals surface area contributed by atoms with Crippen LogP contribution in [-0.4, -0.2) is 25.5 Å². The summed E-state index contributed by atoms with van der Waals surface area (Å²) < 4.78 is 6.14. The number of carboxylic acid groups (broad SMARTS) is 1. The van der Waals surface area contributed by atoms with Gasteiger partial charge in [0.15, 0.2) is 8.32 Å². The third-order valence-electron chi connectivity index (χ3n) is 3.39. The van der Waals surface area contributed by atoms with Gasteiger partial charge in [0.2, 0.25) is 0 Å². The second-order valence-corrected chi connectivity index (χ2v) is 11.2. The predicted molar refractivity (Wildman–Crippen MR) is 84.4 cm³/mol. The van der Waals surface area contributed by atoms with Crippen LogP contribution in [0.3, 0.4) is 0 Å². The highest BCUT2D eigenvalue weighted by atomic mass is 28.4. The van der Waals surface area contributed by atoms with E-state index >= 15 is 0 Å². The summed E-state index contributed by atoms with van der Waals surface area (Å²) in [7, 11) is -1.78. The van der Waals surface area contributed by atoms with Gasteiger partial charge in [-0.25, -0.2) is 0 Å². The maximum absolute atomic E-state index is 11.5. The molecule has 0 bridgehead atoms. The molecular weight excluding hydrogens is 268 g/mol. The zero-order chi connectivity index (χ0) is 15.4. The molecule has 0 amide bonds. The maximum atomic E-state index is 11.5. The number of hydrogen-bond donors (Lipinski definition) is 1. The van der Waals surface area contributed by atoms with Gasteiger partial charge in [-0.2, -0.15) is 0 Å². The van der Waals surface area contributed by atoms with Crippen LogP contribution in [-0.2, 0) is 15.6 Å². The first-order valence-corrected chi connectivity index (χ1v) is 10.5. The first kappa shape index (κ1) is 16.9. The molecule has 1 rings (SSSR count). The molecule has 20 heavy (non-hydrogen) atoms. The number of benzene rings is 1. The van der Waals surface area contributed by atoms with E-state index in [0.29, 0.717) is 0 Å². The van der Waals surface area contributed by atoms with E-state index < -0.39 is 19.7 Å². The lowest BCUT2D eigenvalue weighted by Crippen LogP contribution is -2.45. The Balaban J connectivity index is 2.81. The van der Waals surface area contributed by atoms with Gasteiger partial charge in [0.05, 0.1) is 11.5 Å². The molecule has 112 valence electrons. The third-order valence-corrected chi connectivity index (χ3v) is 4.38. The molecule has 0 aliphatic rings. The first-order chi connectivity index (χ1) is 9.13. The third kappa shape index (κ3) is 5.10. The molecule has 1 unspecified atom stereocenters. The molecular formula is C16H26O3Si. The van der Waals surface area contributed by atoms with Crippen LogP contribution in [0.15, 0.2) is 30.3 Å². The smallest absolute Gasteiger partial charge is 0.311 e. The Labute approximate surface area is 123 Å². The molecule has 1 atom stereocenters. The molecule has 0 aliphatic carbocycles. The van der Waals surface area contributed by atoms with Crippen molar-refractivity contribution in [3.8, 4) is 0 Å². The average molecular weight is 294 g/mol. The molecule has 1 aromatic carbocycles. The maximum Gasteiger partial charge on any atom is 0.311 e. The van der Waals surface area contributed by atoms with Gasteiger partial charge < -0.3 is 9.53 Å². The minimum atomic E-state index is -1.78. The first-order valence-electron chi connectivity index (χ1n) is 7.08. The largest absolute Gasteiger partial charge is 0.481 e. The summed E-state index contributed by atoms with van der Waals surface area (Å²) >= 11 is 0. The standard InChI is InChI=1S/C16H26O3Si/c1-16(2,15(17)18)14(19-20(3,4)5)12-11-13-9-7-6-8-10-13/h6-10,14H,11-12H2,1-5H3,(H,17,18). The summed E-state index contributed by atoms with van der Waals surface area (Å²) in [5, 5.41) is 9.44. The molecule has 0 fully saturated rings. The SMILES string of the molecule is CC(C)(C(=O)O)C(CCc1ccccc1)O[Si](C)(C)C. The van der Waals surface area contributed by atoms with Crippen LogP contribution in [0.5, 0.6) is 0 Å². The zero-order valence-corrected chi connectivity index (χ0v) is 14.1. The Morgan fingerprint density at radius 3 is 2.25 bits per heavy atom. The van der Waals surface area contributed by atoms with Crippen LogP contribution in [0, 0.1) is 5.41 Å². The fraction of sp³-hybridized carbons (Fsp3) is 0.562. The molecule has 4 heteroatoms. The molecule has 0 aliphatic heterocycles. The second kappa shape index (κ2) is 6.55. The van der Waals surface area contributed by atoms with E-state index in [2.05, 4.69) is 31.8 Å². The van der Waals surface area contributed by atoms with Gasteiger partial charge in [-0.3, -0.25) is 4.79 Å². The van der Waals surface area contributed by atoms with Crippen molar-refractivity contribution >= 4 is 14.3 Å². The monoisotopic (exact) mass is 294 g/mol. The molecule has 0 spiro atoms. The number of carboxylic acids is 1. The van der Waals surface area contributed by atoms with Crippen molar-refractivity contribution < 1.29 is 14.3 Å². The Kier molecular flexibility index (Phi) is 5.54. The topological polar surface area (TPSA) is 46.5 Å². The molecule has 0 aromatic heterocycles. The van der Waals surface area contributed by atoms with Gasteiger partial charge in [0.25, 0.3) is 0 Å². The van der Waals surface area contributed by atoms with Crippen LogP contribution >= 0.6 is 0 Å². The summed E-state index contributed by atoms with van der Waals surface area (Å²) in [4.78, 5) is 11.5. The summed E-state index contributed by atoms with van der Waals surface area (Å²) in [6.07, 6.45) is 1.31. The van der Waals surface area contributed by atoms with E-state index in [-0.39, 0.29) is 6.10 Å². The lowest BCUT2D eigenvalue weighted by atomic mass is 9.83. The fourth-order valence-corrected chi connectivity index (χ4v) is 3.34. The van der Waals surface area contributed by atoms with Gasteiger partial charge in [-0.05, 0) is 51.9 Å². The average Bonchev–Trinajstić information content (AvgIpc) is 2.34. The van der Waals surface area contributed by atoms with E-state index in [0.717, 1.165) is 12.8 Å². The fourth-order valence-electron chi connectivity index (χ4n) is 2.07. The van der Waals surface area contributed by atoms with Crippen LogP contribution in [0.2, 0.25) is 19.6 Å². The zero-order valence-electron chi connectivity index (χ0n) is 13.1. The Morgan fingerprint density at radius 1 is 1.25 bits per heavy atom. The quantitative estimate of drug-likeness (QED) is 0.775. The highest BCUT2D eigenvalue weighted by Gasteiger charge is 2.39. The van der Waals surface area contributed by atoms with Crippen molar-refractivity contribution in [1.29, 1.82) is 0 Å². The van der Waals surface area contributed by atoms with Crippen molar-refractivity contribution in [2.75, 3.05) is 0 Å². The lowest BCUT2D eigenvalue weighted by Gasteiger charge is -2.35. The Hall–Kier alpha value is -1.13. The molecule has 0 heterocycles. The molecule has 0 radical (unpaired) electrons.